The summed E-state index contributed by atoms with van der Waals surface area (Å²) in [6, 6.07) is 6.57. The minimum atomic E-state index is -0.308. The van der Waals surface area contributed by atoms with Gasteiger partial charge in [-0.05, 0) is 32.3 Å². The summed E-state index contributed by atoms with van der Waals surface area (Å²) in [5, 5.41) is 3.03. The van der Waals surface area contributed by atoms with E-state index in [1.165, 1.54) is 10.6 Å². The molecule has 0 fully saturated rings. The van der Waals surface area contributed by atoms with Crippen molar-refractivity contribution in [1.82, 2.24) is 14.6 Å². The molecule has 0 spiro atoms. The monoisotopic (exact) mass is 283 g/mol. The van der Waals surface area contributed by atoms with E-state index in [4.69, 9.17) is 0 Å². The van der Waals surface area contributed by atoms with E-state index in [0.29, 0.717) is 16.8 Å². The molecule has 0 atom stereocenters. The van der Waals surface area contributed by atoms with Gasteiger partial charge in [0.05, 0.1) is 5.69 Å². The molecule has 1 aromatic carbocycles. The van der Waals surface area contributed by atoms with Gasteiger partial charge in [0.2, 0.25) is 0 Å². The number of nitrogens with zero attached hydrogens (tertiary/aromatic N) is 2. The molecule has 1 aliphatic rings. The van der Waals surface area contributed by atoms with Gasteiger partial charge in [0.25, 0.3) is 5.56 Å². The second-order valence-electron chi connectivity index (χ2n) is 5.45. The average molecular weight is 283 g/mol. The maximum Gasteiger partial charge on any atom is 0.276 e. The van der Waals surface area contributed by atoms with Crippen LogP contribution < -0.4 is 5.56 Å². The van der Waals surface area contributed by atoms with E-state index >= 15 is 0 Å². The molecular weight excluding hydrogens is 269 g/mol. The van der Waals surface area contributed by atoms with E-state index in [-0.39, 0.29) is 11.4 Å². The van der Waals surface area contributed by atoms with Crippen molar-refractivity contribution in [3.8, 4) is 11.1 Å². The predicted molar refractivity (Wildman–Crippen MR) is 78.0 cm³/mol. The zero-order valence-electron chi connectivity index (χ0n) is 11.6. The number of benzene rings is 1. The minimum absolute atomic E-state index is 0.0572. The number of hydrogen-bond acceptors (Lipinski definition) is 2. The largest absolute Gasteiger partial charge is 0.293 e. The van der Waals surface area contributed by atoms with Gasteiger partial charge in [-0.3, -0.25) is 9.89 Å². The van der Waals surface area contributed by atoms with Crippen LogP contribution in [-0.4, -0.2) is 14.6 Å². The van der Waals surface area contributed by atoms with Gasteiger partial charge in [-0.2, -0.15) is 0 Å². The number of aromatic nitrogens is 3. The van der Waals surface area contributed by atoms with Crippen LogP contribution in [0.3, 0.4) is 0 Å². The quantitative estimate of drug-likeness (QED) is 0.746. The topological polar surface area (TPSA) is 50.2 Å². The summed E-state index contributed by atoms with van der Waals surface area (Å²) in [6.07, 6.45) is 2.55. The summed E-state index contributed by atoms with van der Waals surface area (Å²) in [7, 11) is 0. The Morgan fingerprint density at radius 2 is 2.10 bits per heavy atom. The first kappa shape index (κ1) is 12.3. The first-order valence-corrected chi connectivity index (χ1v) is 7.05. The zero-order valence-corrected chi connectivity index (χ0v) is 11.6. The maximum atomic E-state index is 14.1. The molecule has 4 nitrogen and oxygen atoms in total. The molecule has 21 heavy (non-hydrogen) atoms. The fraction of sp³-hybridized carbons (Fsp3) is 0.250. The molecule has 0 saturated heterocycles. The van der Waals surface area contributed by atoms with Crippen molar-refractivity contribution >= 4 is 5.65 Å². The lowest BCUT2D eigenvalue weighted by Crippen LogP contribution is -2.20. The van der Waals surface area contributed by atoms with Crippen molar-refractivity contribution in [2.24, 2.45) is 0 Å². The number of halogens is 1. The normalized spacial score (nSPS) is 13.8. The van der Waals surface area contributed by atoms with Crippen molar-refractivity contribution in [1.29, 1.82) is 0 Å². The molecular formula is C16H14FN3O. The molecule has 0 bridgehead atoms. The second-order valence-corrected chi connectivity index (χ2v) is 5.45. The van der Waals surface area contributed by atoms with Gasteiger partial charge in [0.1, 0.15) is 5.82 Å². The van der Waals surface area contributed by atoms with Crippen molar-refractivity contribution in [3.05, 3.63) is 57.4 Å². The van der Waals surface area contributed by atoms with Crippen LogP contribution >= 0.6 is 0 Å². The predicted octanol–water partition coefficient (Wildman–Crippen LogP) is 2.63. The van der Waals surface area contributed by atoms with E-state index in [9.17, 15) is 9.18 Å². The van der Waals surface area contributed by atoms with Crippen molar-refractivity contribution in [3.63, 3.8) is 0 Å². The van der Waals surface area contributed by atoms with Gasteiger partial charge >= 0.3 is 0 Å². The van der Waals surface area contributed by atoms with E-state index in [1.807, 2.05) is 6.92 Å². The van der Waals surface area contributed by atoms with Gasteiger partial charge in [0, 0.05) is 22.4 Å². The summed E-state index contributed by atoms with van der Waals surface area (Å²) in [4.78, 5) is 17.1. The Hall–Kier alpha value is -2.43. The van der Waals surface area contributed by atoms with Crippen LogP contribution in [0.5, 0.6) is 0 Å². The molecule has 106 valence electrons. The summed E-state index contributed by atoms with van der Waals surface area (Å²) >= 11 is 0. The van der Waals surface area contributed by atoms with Crippen LogP contribution in [0.15, 0.2) is 29.1 Å². The average Bonchev–Trinajstić information content (AvgIpc) is 3.05. The lowest BCUT2D eigenvalue weighted by Gasteiger charge is -2.03. The highest BCUT2D eigenvalue weighted by Gasteiger charge is 2.22. The smallest absolute Gasteiger partial charge is 0.276 e. The molecule has 0 saturated carbocycles. The van der Waals surface area contributed by atoms with Crippen LogP contribution in [0.2, 0.25) is 0 Å². The third-order valence-corrected chi connectivity index (χ3v) is 4.12. The van der Waals surface area contributed by atoms with Gasteiger partial charge < -0.3 is 0 Å². The van der Waals surface area contributed by atoms with Gasteiger partial charge in [-0.15, -0.1) is 0 Å². The Morgan fingerprint density at radius 3 is 2.90 bits per heavy atom. The minimum Gasteiger partial charge on any atom is -0.293 e. The lowest BCUT2D eigenvalue weighted by molar-refractivity contribution is 0.631. The maximum absolute atomic E-state index is 14.1. The Balaban J connectivity index is 2.12. The molecule has 2 heterocycles. The van der Waals surface area contributed by atoms with Crippen molar-refractivity contribution in [2.45, 2.75) is 26.2 Å². The SMILES string of the molecule is Cc1[nH]n2c(=O)c3c(nc2c1-c1ccccc1F)CCC3. The highest BCUT2D eigenvalue weighted by Crippen LogP contribution is 2.29. The number of aryl methyl sites for hydroxylation is 2. The summed E-state index contributed by atoms with van der Waals surface area (Å²) in [5.74, 6) is -0.308. The number of rotatable bonds is 1. The molecule has 4 rings (SSSR count). The fourth-order valence-corrected chi connectivity index (χ4v) is 3.14. The number of hydrogen-bond donors (Lipinski definition) is 1. The lowest BCUT2D eigenvalue weighted by atomic mass is 10.1. The van der Waals surface area contributed by atoms with Crippen LogP contribution in [0, 0.1) is 12.7 Å². The van der Waals surface area contributed by atoms with Crippen LogP contribution in [-0.2, 0) is 12.8 Å². The van der Waals surface area contributed by atoms with Gasteiger partial charge in [-0.1, -0.05) is 18.2 Å². The highest BCUT2D eigenvalue weighted by molar-refractivity contribution is 5.80. The number of aromatic amines is 1. The highest BCUT2D eigenvalue weighted by atomic mass is 19.1. The Labute approximate surface area is 120 Å². The van der Waals surface area contributed by atoms with E-state index in [1.54, 1.807) is 18.2 Å². The summed E-state index contributed by atoms with van der Waals surface area (Å²) in [6.45, 7) is 1.83. The standard InChI is InChI=1S/C16H14FN3O/c1-9-14(10-5-2-3-7-12(10)17)15-18-13-8-4-6-11(13)16(21)20(15)19-9/h2-3,5,7,19H,4,6,8H2,1H3. The molecule has 0 amide bonds. The first-order valence-electron chi connectivity index (χ1n) is 7.05. The molecule has 1 aliphatic carbocycles. The number of H-pyrrole nitrogens is 1. The van der Waals surface area contributed by atoms with Crippen molar-refractivity contribution < 1.29 is 4.39 Å². The third kappa shape index (κ3) is 1.67. The summed E-state index contributed by atoms with van der Waals surface area (Å²) < 4.78 is 15.6. The van der Waals surface area contributed by atoms with Crippen LogP contribution in [0.25, 0.3) is 16.8 Å². The molecule has 0 aliphatic heterocycles. The van der Waals surface area contributed by atoms with Crippen LogP contribution in [0.4, 0.5) is 4.39 Å². The van der Waals surface area contributed by atoms with Crippen LogP contribution in [0.1, 0.15) is 23.4 Å². The Bertz CT molecular complexity index is 923. The fourth-order valence-electron chi connectivity index (χ4n) is 3.14. The molecule has 1 N–H and O–H groups in total. The van der Waals surface area contributed by atoms with Gasteiger partial charge in [-0.25, -0.2) is 13.9 Å². The number of fused-ring (bicyclic) bond motifs is 2. The van der Waals surface area contributed by atoms with Gasteiger partial charge in [0.15, 0.2) is 5.65 Å². The molecule has 3 aromatic rings. The first-order chi connectivity index (χ1) is 10.2. The third-order valence-electron chi connectivity index (χ3n) is 4.12. The number of nitrogens with one attached hydrogen (secondary N) is 1. The van der Waals surface area contributed by atoms with E-state index in [0.717, 1.165) is 36.2 Å². The molecule has 0 unspecified atom stereocenters. The second kappa shape index (κ2) is 4.28. The summed E-state index contributed by atoms with van der Waals surface area (Å²) in [5.41, 5.74) is 3.98. The van der Waals surface area contributed by atoms with E-state index < -0.39 is 0 Å². The molecule has 5 heteroatoms. The molecule has 0 radical (unpaired) electrons. The Morgan fingerprint density at radius 1 is 1.29 bits per heavy atom. The van der Waals surface area contributed by atoms with Crippen molar-refractivity contribution in [2.75, 3.05) is 0 Å². The molecule has 2 aromatic heterocycles. The van der Waals surface area contributed by atoms with E-state index in [2.05, 4.69) is 10.1 Å². The zero-order chi connectivity index (χ0) is 14.6. The Kier molecular flexibility index (Phi) is 2.51.